The number of thioether (sulfide) groups is 1. The average molecular weight is 386 g/mol. The number of carboxylic acid groups (broad SMARTS) is 1. The van der Waals surface area contributed by atoms with Gasteiger partial charge in [0.05, 0.1) is 18.8 Å². The Bertz CT molecular complexity index is 825. The topological polar surface area (TPSA) is 103 Å². The molecular formula is C19H20N3O4S-. The predicted octanol–water partition coefficient (Wildman–Crippen LogP) is 2.22. The minimum Gasteiger partial charge on any atom is -0.549 e. The zero-order valence-corrected chi connectivity index (χ0v) is 15.8. The van der Waals surface area contributed by atoms with Crippen LogP contribution in [0.1, 0.15) is 18.1 Å². The second-order valence-electron chi connectivity index (χ2n) is 5.52. The molecular weight excluding hydrogens is 366 g/mol. The van der Waals surface area contributed by atoms with Crippen molar-refractivity contribution in [1.82, 2.24) is 5.43 Å². The lowest BCUT2D eigenvalue weighted by molar-refractivity contribution is -0.301. The largest absolute Gasteiger partial charge is 0.549 e. The second kappa shape index (κ2) is 10.2. The molecule has 0 aliphatic rings. The van der Waals surface area contributed by atoms with Crippen molar-refractivity contribution in [3.05, 3.63) is 59.7 Å². The van der Waals surface area contributed by atoms with Gasteiger partial charge >= 0.3 is 6.03 Å². The van der Waals surface area contributed by atoms with Crippen LogP contribution in [0.5, 0.6) is 5.75 Å². The van der Waals surface area contributed by atoms with E-state index in [0.717, 1.165) is 11.1 Å². The molecule has 2 rings (SSSR count). The highest BCUT2D eigenvalue weighted by atomic mass is 32.2. The van der Waals surface area contributed by atoms with E-state index in [2.05, 4.69) is 15.8 Å². The molecule has 27 heavy (non-hydrogen) atoms. The lowest BCUT2D eigenvalue weighted by atomic mass is 10.1. The summed E-state index contributed by atoms with van der Waals surface area (Å²) in [6, 6.07) is 14.1. The van der Waals surface area contributed by atoms with Crippen LogP contribution in [-0.2, 0) is 10.5 Å². The molecule has 0 saturated heterocycles. The molecule has 0 heterocycles. The zero-order valence-electron chi connectivity index (χ0n) is 15.0. The molecule has 7 nitrogen and oxygen atoms in total. The molecule has 142 valence electrons. The number of rotatable bonds is 8. The van der Waals surface area contributed by atoms with E-state index < -0.39 is 12.0 Å². The number of ether oxygens (including phenoxy) is 1. The molecule has 2 aromatic rings. The maximum atomic E-state index is 11.9. The molecule has 2 aromatic carbocycles. The van der Waals surface area contributed by atoms with Gasteiger partial charge in [-0.2, -0.15) is 16.9 Å². The standard InChI is InChI=1S/C19H21N3O4S/c1-13(21-22-19(25)20-16-6-4-3-5-7-16)14-8-9-17(26-2)15(10-14)11-27-12-18(23)24/h3-10H,11-12H2,1-2H3,(H,23,24)(H2,20,22,25)/p-1/b21-13-. The molecule has 8 heteroatoms. The fraction of sp³-hybridized carbons (Fsp3) is 0.211. The number of carbonyl (C=O) groups is 2. The van der Waals surface area contributed by atoms with Crippen LogP contribution in [0.2, 0.25) is 0 Å². The van der Waals surface area contributed by atoms with Crippen molar-refractivity contribution < 1.29 is 19.4 Å². The van der Waals surface area contributed by atoms with Crippen molar-refractivity contribution in [2.24, 2.45) is 5.10 Å². The summed E-state index contributed by atoms with van der Waals surface area (Å²) in [4.78, 5) is 22.5. The van der Waals surface area contributed by atoms with E-state index >= 15 is 0 Å². The van der Waals surface area contributed by atoms with Crippen LogP contribution >= 0.6 is 11.8 Å². The Morgan fingerprint density at radius 1 is 1.19 bits per heavy atom. The van der Waals surface area contributed by atoms with Crippen molar-refractivity contribution >= 4 is 35.2 Å². The van der Waals surface area contributed by atoms with E-state index in [4.69, 9.17) is 4.74 Å². The molecule has 0 aromatic heterocycles. The SMILES string of the molecule is COc1ccc(/C(C)=N\NC(=O)Nc2ccccc2)cc1CSCC(=O)[O-]. The number of aliphatic carboxylic acids is 1. The minimum absolute atomic E-state index is 0.0956. The summed E-state index contributed by atoms with van der Waals surface area (Å²) in [6.45, 7) is 1.77. The molecule has 0 atom stereocenters. The fourth-order valence-corrected chi connectivity index (χ4v) is 2.95. The summed E-state index contributed by atoms with van der Waals surface area (Å²) >= 11 is 1.22. The van der Waals surface area contributed by atoms with Gasteiger partial charge in [-0.3, -0.25) is 0 Å². The number of methoxy groups -OCH3 is 1. The average Bonchev–Trinajstić information content (AvgIpc) is 2.66. The quantitative estimate of drug-likeness (QED) is 0.535. The Labute approximate surface area is 161 Å². The first kappa shape index (κ1) is 20.3. The van der Waals surface area contributed by atoms with Crippen molar-refractivity contribution in [3.8, 4) is 5.75 Å². The van der Waals surface area contributed by atoms with E-state index in [1.807, 2.05) is 30.3 Å². The Hall–Kier alpha value is -3.00. The van der Waals surface area contributed by atoms with Crippen LogP contribution in [0.15, 0.2) is 53.6 Å². The van der Waals surface area contributed by atoms with Crippen LogP contribution in [0.4, 0.5) is 10.5 Å². The van der Waals surface area contributed by atoms with Crippen LogP contribution in [-0.4, -0.2) is 30.6 Å². The van der Waals surface area contributed by atoms with Crippen LogP contribution < -0.4 is 20.6 Å². The number of urea groups is 1. The van der Waals surface area contributed by atoms with E-state index in [9.17, 15) is 14.7 Å². The molecule has 2 amide bonds. The second-order valence-corrected chi connectivity index (χ2v) is 6.51. The van der Waals surface area contributed by atoms with Gasteiger partial charge < -0.3 is 20.0 Å². The Morgan fingerprint density at radius 3 is 2.59 bits per heavy atom. The smallest absolute Gasteiger partial charge is 0.339 e. The number of amides is 2. The Kier molecular flexibility index (Phi) is 7.69. The van der Waals surface area contributed by atoms with Crippen molar-refractivity contribution in [3.63, 3.8) is 0 Å². The number of hydrogen-bond acceptors (Lipinski definition) is 6. The summed E-state index contributed by atoms with van der Waals surface area (Å²) in [7, 11) is 1.55. The van der Waals surface area contributed by atoms with Gasteiger partial charge in [-0.15, -0.1) is 0 Å². The third kappa shape index (κ3) is 6.67. The first-order chi connectivity index (χ1) is 13.0. The van der Waals surface area contributed by atoms with Gasteiger partial charge in [0.25, 0.3) is 0 Å². The van der Waals surface area contributed by atoms with Crippen molar-refractivity contribution in [2.45, 2.75) is 12.7 Å². The van der Waals surface area contributed by atoms with Gasteiger partial charge in [0.2, 0.25) is 0 Å². The lowest BCUT2D eigenvalue weighted by Gasteiger charge is -2.11. The molecule has 0 bridgehead atoms. The molecule has 0 spiro atoms. The number of carboxylic acids is 1. The van der Waals surface area contributed by atoms with E-state index in [1.54, 1.807) is 32.2 Å². The molecule has 0 radical (unpaired) electrons. The first-order valence-electron chi connectivity index (χ1n) is 8.11. The van der Waals surface area contributed by atoms with E-state index in [-0.39, 0.29) is 5.75 Å². The monoisotopic (exact) mass is 386 g/mol. The summed E-state index contributed by atoms with van der Waals surface area (Å²) in [5.41, 5.74) is 5.35. The van der Waals surface area contributed by atoms with Gasteiger partial charge in [0, 0.05) is 22.8 Å². The number of hydrazone groups is 1. The first-order valence-corrected chi connectivity index (χ1v) is 9.26. The van der Waals surface area contributed by atoms with Gasteiger partial charge in [0.15, 0.2) is 0 Å². The number of hydrogen-bond donors (Lipinski definition) is 2. The molecule has 0 aliphatic heterocycles. The van der Waals surface area contributed by atoms with Gasteiger partial charge in [-0.25, -0.2) is 10.2 Å². The third-order valence-electron chi connectivity index (χ3n) is 3.53. The Morgan fingerprint density at radius 2 is 1.93 bits per heavy atom. The maximum absolute atomic E-state index is 11.9. The number of carbonyl (C=O) groups excluding carboxylic acids is 2. The highest BCUT2D eigenvalue weighted by molar-refractivity contribution is 7.99. The van der Waals surface area contributed by atoms with Crippen LogP contribution in [0, 0.1) is 0 Å². The highest BCUT2D eigenvalue weighted by Gasteiger charge is 2.08. The van der Waals surface area contributed by atoms with Crippen molar-refractivity contribution in [1.29, 1.82) is 0 Å². The minimum atomic E-state index is -1.11. The molecule has 0 unspecified atom stereocenters. The van der Waals surface area contributed by atoms with Crippen LogP contribution in [0.3, 0.4) is 0 Å². The molecule has 0 fully saturated rings. The summed E-state index contributed by atoms with van der Waals surface area (Å²) < 4.78 is 5.31. The number of para-hydroxylation sites is 1. The molecule has 0 aliphatic carbocycles. The predicted molar refractivity (Wildman–Crippen MR) is 105 cm³/mol. The maximum Gasteiger partial charge on any atom is 0.339 e. The fourth-order valence-electron chi connectivity index (χ4n) is 2.24. The Balaban J connectivity index is 2.03. The highest BCUT2D eigenvalue weighted by Crippen LogP contribution is 2.24. The number of nitrogens with one attached hydrogen (secondary N) is 2. The summed E-state index contributed by atoms with van der Waals surface area (Å²) in [5.74, 6) is -0.0873. The van der Waals surface area contributed by atoms with Crippen LogP contribution in [0.25, 0.3) is 0 Å². The normalized spacial score (nSPS) is 11.0. The number of anilines is 1. The van der Waals surface area contributed by atoms with Gasteiger partial charge in [0.1, 0.15) is 5.75 Å². The lowest BCUT2D eigenvalue weighted by Crippen LogP contribution is -2.25. The van der Waals surface area contributed by atoms with E-state index in [1.165, 1.54) is 11.8 Å². The zero-order chi connectivity index (χ0) is 19.6. The number of nitrogens with zero attached hydrogens (tertiary/aromatic N) is 1. The third-order valence-corrected chi connectivity index (χ3v) is 4.49. The van der Waals surface area contributed by atoms with E-state index in [0.29, 0.717) is 22.9 Å². The van der Waals surface area contributed by atoms with Gasteiger partial charge in [-0.05, 0) is 42.8 Å². The summed E-state index contributed by atoms with van der Waals surface area (Å²) in [5, 5.41) is 17.3. The van der Waals surface area contributed by atoms with Gasteiger partial charge in [-0.1, -0.05) is 18.2 Å². The summed E-state index contributed by atoms with van der Waals surface area (Å²) in [6.07, 6.45) is 0. The molecule has 0 saturated carbocycles. The van der Waals surface area contributed by atoms with Crippen molar-refractivity contribution in [2.75, 3.05) is 18.2 Å². The molecule has 2 N–H and O–H groups in total. The number of benzene rings is 2.